The Morgan fingerprint density at radius 2 is 1.97 bits per heavy atom. The van der Waals surface area contributed by atoms with Crippen LogP contribution < -0.4 is 5.32 Å². The van der Waals surface area contributed by atoms with Gasteiger partial charge in [-0.15, -0.1) is 0 Å². The number of nitrogens with zero attached hydrogens (tertiary/aromatic N) is 2. The topological polar surface area (TPSA) is 93.0 Å². The first-order valence-corrected chi connectivity index (χ1v) is 11.7. The summed E-state index contributed by atoms with van der Waals surface area (Å²) in [6, 6.07) is 6.98. The third-order valence-electron chi connectivity index (χ3n) is 6.71. The maximum Gasteiger partial charge on any atom is 0.323 e. The Kier molecular flexibility index (Phi) is 7.35. The van der Waals surface area contributed by atoms with Crippen molar-refractivity contribution < 1.29 is 28.6 Å². The van der Waals surface area contributed by atoms with Gasteiger partial charge in [0.15, 0.2) is 0 Å². The maximum atomic E-state index is 13.4. The van der Waals surface area contributed by atoms with Crippen LogP contribution in [0.25, 0.3) is 0 Å². The van der Waals surface area contributed by atoms with Crippen LogP contribution in [0, 0.1) is 11.7 Å². The second-order valence-electron chi connectivity index (χ2n) is 9.18. The number of hydrogen-bond acceptors (Lipinski definition) is 6. The Labute approximate surface area is 198 Å². The highest BCUT2D eigenvalue weighted by Crippen LogP contribution is 2.33. The van der Waals surface area contributed by atoms with Gasteiger partial charge in [-0.2, -0.15) is 0 Å². The van der Waals surface area contributed by atoms with Crippen LogP contribution in [0.1, 0.15) is 66.3 Å². The van der Waals surface area contributed by atoms with Crippen molar-refractivity contribution >= 4 is 11.9 Å². The molecule has 34 heavy (non-hydrogen) atoms. The van der Waals surface area contributed by atoms with E-state index in [1.807, 2.05) is 18.4 Å². The third-order valence-corrected chi connectivity index (χ3v) is 6.71. The minimum atomic E-state index is -1.06. The van der Waals surface area contributed by atoms with E-state index in [2.05, 4.69) is 5.32 Å². The molecule has 8 nitrogen and oxygen atoms in total. The molecule has 0 radical (unpaired) electrons. The quantitative estimate of drug-likeness (QED) is 0.601. The number of fused-ring (bicyclic) bond motifs is 1. The van der Waals surface area contributed by atoms with Crippen molar-refractivity contribution in [3.63, 3.8) is 0 Å². The SMILES string of the molecule is COC(=O)[C@H]1CCCN1C(O)c1cc(C(=O)N[C@@H](c2ccc(F)cc2)C(C)C)n2c1COCC2. The number of aromatic nitrogens is 1. The summed E-state index contributed by atoms with van der Waals surface area (Å²) < 4.78 is 25.8. The number of aliphatic hydroxyl groups excluding tert-OH is 1. The average Bonchev–Trinajstić information content (AvgIpc) is 3.47. The molecule has 2 aromatic rings. The van der Waals surface area contributed by atoms with Gasteiger partial charge in [-0.1, -0.05) is 26.0 Å². The van der Waals surface area contributed by atoms with Gasteiger partial charge in [0.05, 0.1) is 32.1 Å². The fraction of sp³-hybridized carbons (Fsp3) is 0.520. The van der Waals surface area contributed by atoms with Crippen molar-refractivity contribution in [3.8, 4) is 0 Å². The fourth-order valence-electron chi connectivity index (χ4n) is 4.93. The largest absolute Gasteiger partial charge is 0.468 e. The molecule has 2 aliphatic heterocycles. The van der Waals surface area contributed by atoms with Gasteiger partial charge in [0.25, 0.3) is 5.91 Å². The molecule has 9 heteroatoms. The number of amides is 1. The first-order chi connectivity index (χ1) is 16.3. The van der Waals surface area contributed by atoms with Gasteiger partial charge in [-0.3, -0.25) is 14.5 Å². The second kappa shape index (κ2) is 10.2. The number of carbonyl (C=O) groups is 2. The molecule has 1 fully saturated rings. The molecule has 184 valence electrons. The van der Waals surface area contributed by atoms with Gasteiger partial charge in [0, 0.05) is 18.7 Å². The summed E-state index contributed by atoms with van der Waals surface area (Å²) in [4.78, 5) is 27.4. The summed E-state index contributed by atoms with van der Waals surface area (Å²) in [5, 5.41) is 14.3. The highest BCUT2D eigenvalue weighted by molar-refractivity contribution is 5.93. The lowest BCUT2D eigenvalue weighted by molar-refractivity contribution is -0.150. The zero-order valence-corrected chi connectivity index (χ0v) is 19.8. The van der Waals surface area contributed by atoms with Gasteiger partial charge in [0.2, 0.25) is 0 Å². The summed E-state index contributed by atoms with van der Waals surface area (Å²) >= 11 is 0. The lowest BCUT2D eigenvalue weighted by Gasteiger charge is -2.29. The zero-order chi connectivity index (χ0) is 24.4. The number of nitrogens with one attached hydrogen (secondary N) is 1. The van der Waals surface area contributed by atoms with E-state index in [1.165, 1.54) is 19.2 Å². The van der Waals surface area contributed by atoms with Gasteiger partial charge < -0.3 is 24.5 Å². The predicted molar refractivity (Wildman–Crippen MR) is 122 cm³/mol. The number of aliphatic hydroxyl groups is 1. The molecule has 2 aliphatic rings. The highest BCUT2D eigenvalue weighted by Gasteiger charge is 2.38. The lowest BCUT2D eigenvalue weighted by atomic mass is 9.96. The molecule has 1 unspecified atom stereocenters. The number of likely N-dealkylation sites (tertiary alicyclic amines) is 1. The van der Waals surface area contributed by atoms with Crippen LogP contribution in [0.4, 0.5) is 4.39 Å². The fourth-order valence-corrected chi connectivity index (χ4v) is 4.93. The molecule has 0 bridgehead atoms. The lowest BCUT2D eigenvalue weighted by Crippen LogP contribution is -2.39. The van der Waals surface area contributed by atoms with Crippen molar-refractivity contribution in [1.29, 1.82) is 0 Å². The third kappa shape index (κ3) is 4.73. The van der Waals surface area contributed by atoms with E-state index in [9.17, 15) is 19.1 Å². The van der Waals surface area contributed by atoms with Crippen LogP contribution in [0.3, 0.4) is 0 Å². The van der Waals surface area contributed by atoms with Crippen molar-refractivity contribution in [1.82, 2.24) is 14.8 Å². The maximum absolute atomic E-state index is 13.4. The first kappa shape index (κ1) is 24.4. The Morgan fingerprint density at radius 3 is 2.65 bits per heavy atom. The number of benzene rings is 1. The van der Waals surface area contributed by atoms with E-state index >= 15 is 0 Å². The molecule has 1 aromatic carbocycles. The second-order valence-corrected chi connectivity index (χ2v) is 9.18. The van der Waals surface area contributed by atoms with Crippen molar-refractivity contribution in [2.75, 3.05) is 20.3 Å². The average molecular weight is 474 g/mol. The van der Waals surface area contributed by atoms with Gasteiger partial charge in [-0.25, -0.2) is 4.39 Å². The van der Waals surface area contributed by atoms with Crippen molar-refractivity contribution in [2.45, 2.75) is 58.2 Å². The van der Waals surface area contributed by atoms with E-state index in [0.717, 1.165) is 17.7 Å². The van der Waals surface area contributed by atoms with E-state index in [-0.39, 0.29) is 36.3 Å². The minimum absolute atomic E-state index is 0.0732. The number of ether oxygens (including phenoxy) is 2. The molecule has 0 aliphatic carbocycles. The van der Waals surface area contributed by atoms with Crippen molar-refractivity contribution in [2.24, 2.45) is 5.92 Å². The molecule has 3 heterocycles. The van der Waals surface area contributed by atoms with Gasteiger partial charge >= 0.3 is 5.97 Å². The summed E-state index contributed by atoms with van der Waals surface area (Å²) in [5.41, 5.74) is 2.52. The molecule has 1 saturated heterocycles. The van der Waals surface area contributed by atoms with Crippen LogP contribution in [-0.2, 0) is 27.4 Å². The zero-order valence-electron chi connectivity index (χ0n) is 19.8. The molecule has 3 atom stereocenters. The normalized spacial score (nSPS) is 20.1. The van der Waals surface area contributed by atoms with Gasteiger partial charge in [0.1, 0.15) is 23.8 Å². The number of methoxy groups -OCH3 is 1. The summed E-state index contributed by atoms with van der Waals surface area (Å²) in [5.74, 6) is -0.915. The predicted octanol–water partition coefficient (Wildman–Crippen LogP) is 2.91. The van der Waals surface area contributed by atoms with E-state index in [1.54, 1.807) is 23.1 Å². The van der Waals surface area contributed by atoms with Gasteiger partial charge in [-0.05, 0) is 42.5 Å². The monoisotopic (exact) mass is 473 g/mol. The Morgan fingerprint density at radius 1 is 1.24 bits per heavy atom. The first-order valence-electron chi connectivity index (χ1n) is 11.7. The standard InChI is InChI=1S/C25H32FN3O5/c1-15(2)22(16-6-8-17(26)9-7-16)27-23(30)20-13-18(21-14-34-12-11-28(20)21)24(31)29-10-4-5-19(29)25(32)33-3/h6-9,13,15,19,22,24,31H,4-5,10-12,14H2,1-3H3,(H,27,30)/t19-,22-,24?/m1/s1. The van der Waals surface area contributed by atoms with Crippen LogP contribution in [0.15, 0.2) is 30.3 Å². The molecule has 0 saturated carbocycles. The van der Waals surface area contributed by atoms with Crippen molar-refractivity contribution in [3.05, 3.63) is 58.7 Å². The molecule has 1 amide bonds. The minimum Gasteiger partial charge on any atom is -0.468 e. The smallest absolute Gasteiger partial charge is 0.323 e. The van der Waals surface area contributed by atoms with E-state index in [0.29, 0.717) is 37.4 Å². The number of hydrogen-bond donors (Lipinski definition) is 2. The van der Waals surface area contributed by atoms with Crippen LogP contribution >= 0.6 is 0 Å². The Hall–Kier alpha value is -2.75. The van der Waals surface area contributed by atoms with Crippen LogP contribution in [-0.4, -0.2) is 52.8 Å². The van der Waals surface area contributed by atoms with Crippen LogP contribution in [0.5, 0.6) is 0 Å². The summed E-state index contributed by atoms with van der Waals surface area (Å²) in [7, 11) is 1.34. The van der Waals surface area contributed by atoms with Crippen LogP contribution in [0.2, 0.25) is 0 Å². The van der Waals surface area contributed by atoms with E-state index in [4.69, 9.17) is 9.47 Å². The molecule has 1 aromatic heterocycles. The Balaban J connectivity index is 1.63. The summed E-state index contributed by atoms with van der Waals surface area (Å²) in [6.07, 6.45) is 0.316. The number of carbonyl (C=O) groups excluding carboxylic acids is 2. The highest BCUT2D eigenvalue weighted by atomic mass is 19.1. The number of rotatable bonds is 7. The van der Waals surface area contributed by atoms with E-state index < -0.39 is 12.3 Å². The molecular formula is C25H32FN3O5. The summed E-state index contributed by atoms with van der Waals surface area (Å²) in [6.45, 7) is 5.73. The molecular weight excluding hydrogens is 441 g/mol. The Bertz CT molecular complexity index is 1040. The number of esters is 1. The molecule has 4 rings (SSSR count). The molecule has 0 spiro atoms. The number of halogens is 1. The molecule has 2 N–H and O–H groups in total.